The Bertz CT molecular complexity index is 1540. The number of carbonyl (C=O) groups is 2. The first-order chi connectivity index (χ1) is 18.0. The van der Waals surface area contributed by atoms with Crippen LogP contribution in [0.4, 0.5) is 28.9 Å². The second-order valence-electron chi connectivity index (χ2n) is 8.37. The highest BCUT2D eigenvalue weighted by Gasteiger charge is 2.35. The summed E-state index contributed by atoms with van der Waals surface area (Å²) in [6, 6.07) is 10.3. The van der Waals surface area contributed by atoms with E-state index in [0.717, 1.165) is 12.1 Å². The molecule has 0 aliphatic rings. The molecular weight excluding hydrogens is 528 g/mol. The second-order valence-corrected chi connectivity index (χ2v) is 8.78. The summed E-state index contributed by atoms with van der Waals surface area (Å²) in [6.45, 7) is 0.707. The highest BCUT2D eigenvalue weighted by molar-refractivity contribution is 6.31. The lowest BCUT2D eigenvalue weighted by Crippen LogP contribution is -2.20. The number of fused-ring (bicyclic) bond motifs is 1. The molecule has 0 unspecified atom stereocenters. The number of ether oxygens (including phenoxy) is 1. The maximum Gasteiger partial charge on any atom is 0.417 e. The Kier molecular flexibility index (Phi) is 7.70. The van der Waals surface area contributed by atoms with Crippen molar-refractivity contribution in [2.24, 2.45) is 0 Å². The largest absolute Gasteiger partial charge is 0.417 e. The van der Waals surface area contributed by atoms with Crippen molar-refractivity contribution in [3.8, 4) is 0 Å². The molecule has 1 aromatic heterocycles. The van der Waals surface area contributed by atoms with Crippen LogP contribution in [0.15, 0.2) is 48.5 Å². The summed E-state index contributed by atoms with van der Waals surface area (Å²) >= 11 is 6.15. The molecule has 198 valence electrons. The topological polar surface area (TPSA) is 96.1 Å². The number of amides is 2. The summed E-state index contributed by atoms with van der Waals surface area (Å²) in [5, 5.41) is 5.60. The number of carbonyl (C=O) groups excluding carboxylic acids is 2. The van der Waals surface area contributed by atoms with E-state index in [0.29, 0.717) is 33.7 Å². The minimum absolute atomic E-state index is 0.0331. The number of benzene rings is 3. The third-order valence-electron chi connectivity index (χ3n) is 5.72. The molecule has 12 heteroatoms. The standard InChI is InChI=1S/C26H21ClF4N4O3/c1-13-19(27)4-3-5-20(13)34-25(37)17-9-15(10-21-23(17)35-22(33-21)12-38-2)32-24(36)16-7-6-14(11-28)8-18(16)26(29,30)31/h3-10H,11-12H2,1-2H3,(H,32,36)(H,33,35)(H,34,37). The van der Waals surface area contributed by atoms with Crippen LogP contribution in [0.1, 0.15) is 43.2 Å². The summed E-state index contributed by atoms with van der Waals surface area (Å²) < 4.78 is 58.8. The van der Waals surface area contributed by atoms with Crippen molar-refractivity contribution >= 4 is 45.8 Å². The van der Waals surface area contributed by atoms with Crippen molar-refractivity contribution in [2.75, 3.05) is 17.7 Å². The Labute approximate surface area is 219 Å². The molecule has 4 aromatic rings. The SMILES string of the molecule is COCc1nc2c(C(=O)Nc3cccc(Cl)c3C)cc(NC(=O)c3ccc(CF)cc3C(F)(F)F)cc2[nH]1. The van der Waals surface area contributed by atoms with Crippen molar-refractivity contribution in [1.29, 1.82) is 0 Å². The Morgan fingerprint density at radius 2 is 1.79 bits per heavy atom. The van der Waals surface area contributed by atoms with Gasteiger partial charge >= 0.3 is 6.18 Å². The highest BCUT2D eigenvalue weighted by Crippen LogP contribution is 2.34. The van der Waals surface area contributed by atoms with E-state index in [9.17, 15) is 27.2 Å². The first kappa shape index (κ1) is 27.1. The summed E-state index contributed by atoms with van der Waals surface area (Å²) in [6.07, 6.45) is -4.89. The summed E-state index contributed by atoms with van der Waals surface area (Å²) in [7, 11) is 1.46. The zero-order valence-electron chi connectivity index (χ0n) is 20.1. The molecular formula is C26H21ClF4N4O3. The van der Waals surface area contributed by atoms with Crippen LogP contribution >= 0.6 is 11.6 Å². The van der Waals surface area contributed by atoms with Crippen molar-refractivity contribution in [1.82, 2.24) is 9.97 Å². The first-order valence-corrected chi connectivity index (χ1v) is 11.5. The van der Waals surface area contributed by atoms with Gasteiger partial charge in [0.2, 0.25) is 0 Å². The van der Waals surface area contributed by atoms with Gasteiger partial charge in [-0.25, -0.2) is 9.37 Å². The maximum atomic E-state index is 13.6. The molecule has 2 amide bonds. The molecule has 0 atom stereocenters. The quantitative estimate of drug-likeness (QED) is 0.225. The average Bonchev–Trinajstić information content (AvgIpc) is 3.28. The van der Waals surface area contributed by atoms with Gasteiger partial charge < -0.3 is 20.4 Å². The van der Waals surface area contributed by atoms with E-state index in [2.05, 4.69) is 20.6 Å². The number of aromatic nitrogens is 2. The zero-order valence-corrected chi connectivity index (χ0v) is 20.9. The van der Waals surface area contributed by atoms with Crippen LogP contribution in [-0.2, 0) is 24.2 Å². The maximum absolute atomic E-state index is 13.6. The molecule has 0 bridgehead atoms. The predicted molar refractivity (Wildman–Crippen MR) is 135 cm³/mol. The van der Waals surface area contributed by atoms with Crippen LogP contribution in [-0.4, -0.2) is 28.9 Å². The first-order valence-electron chi connectivity index (χ1n) is 11.2. The Morgan fingerprint density at radius 3 is 2.47 bits per heavy atom. The van der Waals surface area contributed by atoms with Crippen LogP contribution in [0.3, 0.4) is 0 Å². The fourth-order valence-electron chi connectivity index (χ4n) is 3.86. The smallest absolute Gasteiger partial charge is 0.377 e. The fraction of sp³-hybridized carbons (Fsp3) is 0.192. The second kappa shape index (κ2) is 10.8. The summed E-state index contributed by atoms with van der Waals surface area (Å²) in [4.78, 5) is 33.6. The Balaban J connectivity index is 1.74. The van der Waals surface area contributed by atoms with Gasteiger partial charge in [-0.05, 0) is 54.4 Å². The highest BCUT2D eigenvalue weighted by atomic mass is 35.5. The lowest BCUT2D eigenvalue weighted by molar-refractivity contribution is -0.138. The van der Waals surface area contributed by atoms with Crippen molar-refractivity contribution in [3.63, 3.8) is 0 Å². The number of imidazole rings is 1. The molecule has 3 N–H and O–H groups in total. The van der Waals surface area contributed by atoms with Crippen LogP contribution in [0.5, 0.6) is 0 Å². The van der Waals surface area contributed by atoms with Gasteiger partial charge in [-0.15, -0.1) is 0 Å². The number of H-pyrrole nitrogens is 1. The van der Waals surface area contributed by atoms with Crippen LogP contribution in [0.2, 0.25) is 5.02 Å². The van der Waals surface area contributed by atoms with Gasteiger partial charge in [0.1, 0.15) is 24.6 Å². The third-order valence-corrected chi connectivity index (χ3v) is 6.13. The Hall–Kier alpha value is -3.96. The molecule has 4 rings (SSSR count). The number of nitrogens with one attached hydrogen (secondary N) is 3. The molecule has 38 heavy (non-hydrogen) atoms. The van der Waals surface area contributed by atoms with E-state index in [1.165, 1.54) is 19.2 Å². The van der Waals surface area contributed by atoms with E-state index < -0.39 is 35.8 Å². The van der Waals surface area contributed by atoms with Gasteiger partial charge in [-0.3, -0.25) is 9.59 Å². The van der Waals surface area contributed by atoms with Crippen LogP contribution in [0.25, 0.3) is 11.0 Å². The van der Waals surface area contributed by atoms with Gasteiger partial charge in [-0.1, -0.05) is 23.7 Å². The van der Waals surface area contributed by atoms with Gasteiger partial charge in [0.15, 0.2) is 0 Å². The number of hydrogen-bond acceptors (Lipinski definition) is 4. The molecule has 7 nitrogen and oxygen atoms in total. The fourth-order valence-corrected chi connectivity index (χ4v) is 4.03. The van der Waals surface area contributed by atoms with E-state index >= 15 is 0 Å². The van der Waals surface area contributed by atoms with Crippen molar-refractivity contribution < 1.29 is 31.9 Å². The predicted octanol–water partition coefficient (Wildman–Crippen LogP) is 6.66. The zero-order chi connectivity index (χ0) is 27.6. The molecule has 0 saturated heterocycles. The molecule has 0 aliphatic heterocycles. The minimum atomic E-state index is -4.89. The molecule has 0 fully saturated rings. The van der Waals surface area contributed by atoms with Gasteiger partial charge in [0, 0.05) is 23.5 Å². The van der Waals surface area contributed by atoms with Crippen LogP contribution in [0, 0.1) is 6.92 Å². The number of nitrogens with zero attached hydrogens (tertiary/aromatic N) is 1. The number of rotatable bonds is 7. The molecule has 0 spiro atoms. The third kappa shape index (κ3) is 5.63. The normalized spacial score (nSPS) is 11.6. The number of halogens is 5. The number of alkyl halides is 4. The minimum Gasteiger partial charge on any atom is -0.377 e. The average molecular weight is 549 g/mol. The number of anilines is 2. The van der Waals surface area contributed by atoms with Gasteiger partial charge in [0.25, 0.3) is 11.8 Å². The van der Waals surface area contributed by atoms with Crippen LogP contribution < -0.4 is 10.6 Å². The van der Waals surface area contributed by atoms with Gasteiger partial charge in [0.05, 0.1) is 22.2 Å². The lowest BCUT2D eigenvalue weighted by Gasteiger charge is -2.15. The monoisotopic (exact) mass is 548 g/mol. The Morgan fingerprint density at radius 1 is 1.05 bits per heavy atom. The van der Waals surface area contributed by atoms with Gasteiger partial charge in [-0.2, -0.15) is 13.2 Å². The summed E-state index contributed by atoms with van der Waals surface area (Å²) in [5.74, 6) is -1.29. The summed E-state index contributed by atoms with van der Waals surface area (Å²) in [5.41, 5.74) is -0.437. The molecule has 3 aromatic carbocycles. The van der Waals surface area contributed by atoms with E-state index in [1.54, 1.807) is 25.1 Å². The van der Waals surface area contributed by atoms with E-state index in [4.69, 9.17) is 16.3 Å². The molecule has 0 aliphatic carbocycles. The van der Waals surface area contributed by atoms with Crippen molar-refractivity contribution in [3.05, 3.63) is 87.2 Å². The van der Waals surface area contributed by atoms with Crippen molar-refractivity contribution in [2.45, 2.75) is 26.4 Å². The number of aromatic amines is 1. The van der Waals surface area contributed by atoms with E-state index in [1.807, 2.05) is 0 Å². The molecule has 1 heterocycles. The number of hydrogen-bond donors (Lipinski definition) is 3. The number of methoxy groups -OCH3 is 1. The molecule has 0 saturated carbocycles. The molecule has 0 radical (unpaired) electrons. The van der Waals surface area contributed by atoms with E-state index in [-0.39, 0.29) is 28.9 Å². The lowest BCUT2D eigenvalue weighted by atomic mass is 10.0.